The number of nitrogens with zero attached hydrogens (tertiary/aromatic N) is 2. The van der Waals surface area contributed by atoms with Crippen LogP contribution in [0, 0.1) is 0 Å². The summed E-state index contributed by atoms with van der Waals surface area (Å²) in [6.07, 6.45) is 4.78. The van der Waals surface area contributed by atoms with E-state index in [2.05, 4.69) is 27.7 Å². The lowest BCUT2D eigenvalue weighted by molar-refractivity contribution is -0.136. The lowest BCUT2D eigenvalue weighted by Gasteiger charge is -2.41. The maximum atomic E-state index is 12.7. The van der Waals surface area contributed by atoms with Crippen molar-refractivity contribution in [1.29, 1.82) is 0 Å². The van der Waals surface area contributed by atoms with E-state index in [1.54, 1.807) is 0 Å². The van der Waals surface area contributed by atoms with Crippen LogP contribution in [0.15, 0.2) is 30.3 Å². The maximum Gasteiger partial charge on any atom is 0.237 e. The number of nitrogens with one attached hydrogen (secondary N) is 2. The number of hydrogen-bond acceptors (Lipinski definition) is 4. The second-order valence-electron chi connectivity index (χ2n) is 7.63. The Bertz CT molecular complexity index is 642. The van der Waals surface area contributed by atoms with Gasteiger partial charge in [0.2, 0.25) is 11.8 Å². The van der Waals surface area contributed by atoms with E-state index in [9.17, 15) is 9.59 Å². The summed E-state index contributed by atoms with van der Waals surface area (Å²) < 4.78 is 0. The van der Waals surface area contributed by atoms with Crippen molar-refractivity contribution in [1.82, 2.24) is 15.5 Å². The van der Waals surface area contributed by atoms with Gasteiger partial charge in [-0.1, -0.05) is 31.0 Å². The van der Waals surface area contributed by atoms with Crippen LogP contribution in [0.25, 0.3) is 0 Å². The molecule has 1 aromatic carbocycles. The van der Waals surface area contributed by atoms with E-state index in [1.165, 1.54) is 18.5 Å². The minimum Gasteiger partial charge on any atom is -0.368 e. The molecule has 0 bridgehead atoms. The molecule has 140 valence electrons. The monoisotopic (exact) mass is 356 g/mol. The molecule has 0 radical (unpaired) electrons. The second kappa shape index (κ2) is 7.66. The van der Waals surface area contributed by atoms with Gasteiger partial charge in [0.1, 0.15) is 0 Å². The van der Waals surface area contributed by atoms with Gasteiger partial charge in [-0.3, -0.25) is 9.59 Å². The molecular weight excluding hydrogens is 328 g/mol. The number of benzene rings is 1. The molecule has 1 saturated carbocycles. The first-order valence-corrected chi connectivity index (χ1v) is 9.85. The first kappa shape index (κ1) is 17.3. The predicted octanol–water partition coefficient (Wildman–Crippen LogP) is 1.12. The summed E-state index contributed by atoms with van der Waals surface area (Å²) in [6.45, 7) is 3.11. The van der Waals surface area contributed by atoms with E-state index >= 15 is 0 Å². The summed E-state index contributed by atoms with van der Waals surface area (Å²) in [6, 6.07) is 10.5. The third-order valence-corrected chi connectivity index (χ3v) is 5.96. The topological polar surface area (TPSA) is 64.7 Å². The fourth-order valence-corrected chi connectivity index (χ4v) is 4.43. The number of rotatable bonds is 3. The first-order valence-electron chi connectivity index (χ1n) is 9.85. The number of anilines is 1. The van der Waals surface area contributed by atoms with Crippen LogP contribution in [0.2, 0.25) is 0 Å². The lowest BCUT2D eigenvalue weighted by atomic mass is 9.87. The highest BCUT2D eigenvalue weighted by atomic mass is 16.2. The molecule has 2 N–H and O–H groups in total. The number of fused-ring (bicyclic) bond motifs is 1. The Morgan fingerprint density at radius 3 is 2.42 bits per heavy atom. The van der Waals surface area contributed by atoms with Crippen LogP contribution in [0.5, 0.6) is 0 Å². The SMILES string of the molecule is O=C1N[C@H]2CCCC[C@H]2N[C@@H]1CC(=O)N1CCN(c2ccccc2)CC1. The van der Waals surface area contributed by atoms with Crippen LogP contribution in [-0.4, -0.2) is 61.0 Å². The zero-order valence-corrected chi connectivity index (χ0v) is 15.2. The van der Waals surface area contributed by atoms with Gasteiger partial charge < -0.3 is 20.4 Å². The molecule has 2 aliphatic heterocycles. The van der Waals surface area contributed by atoms with Crippen molar-refractivity contribution in [3.05, 3.63) is 30.3 Å². The molecule has 2 heterocycles. The van der Waals surface area contributed by atoms with Crippen LogP contribution >= 0.6 is 0 Å². The zero-order chi connectivity index (χ0) is 17.9. The van der Waals surface area contributed by atoms with Crippen molar-refractivity contribution in [3.63, 3.8) is 0 Å². The van der Waals surface area contributed by atoms with E-state index in [0.29, 0.717) is 19.1 Å². The molecule has 1 aromatic rings. The summed E-state index contributed by atoms with van der Waals surface area (Å²) in [4.78, 5) is 29.3. The Kier molecular flexibility index (Phi) is 5.11. The number of carbonyl (C=O) groups excluding carboxylic acids is 2. The van der Waals surface area contributed by atoms with E-state index in [0.717, 1.165) is 25.9 Å². The number of para-hydroxylation sites is 1. The van der Waals surface area contributed by atoms with E-state index in [4.69, 9.17) is 0 Å². The molecule has 6 heteroatoms. The van der Waals surface area contributed by atoms with E-state index in [1.807, 2.05) is 23.1 Å². The van der Waals surface area contributed by atoms with Gasteiger partial charge in [0.05, 0.1) is 12.5 Å². The van der Waals surface area contributed by atoms with Gasteiger partial charge >= 0.3 is 0 Å². The largest absolute Gasteiger partial charge is 0.368 e. The van der Waals surface area contributed by atoms with Crippen molar-refractivity contribution in [2.45, 2.75) is 50.2 Å². The smallest absolute Gasteiger partial charge is 0.237 e. The van der Waals surface area contributed by atoms with Gasteiger partial charge in [-0.15, -0.1) is 0 Å². The minimum absolute atomic E-state index is 0.00979. The normalized spacial score (nSPS) is 29.1. The lowest BCUT2D eigenvalue weighted by Crippen LogP contribution is -2.65. The van der Waals surface area contributed by atoms with Crippen molar-refractivity contribution < 1.29 is 9.59 Å². The van der Waals surface area contributed by atoms with E-state index < -0.39 is 0 Å². The van der Waals surface area contributed by atoms with Crippen molar-refractivity contribution in [3.8, 4) is 0 Å². The number of amides is 2. The van der Waals surface area contributed by atoms with Gasteiger partial charge in [0.25, 0.3) is 0 Å². The number of carbonyl (C=O) groups is 2. The Morgan fingerprint density at radius 2 is 1.69 bits per heavy atom. The molecule has 3 aliphatic rings. The zero-order valence-electron chi connectivity index (χ0n) is 15.2. The highest BCUT2D eigenvalue weighted by Crippen LogP contribution is 2.23. The number of hydrogen-bond donors (Lipinski definition) is 2. The highest BCUT2D eigenvalue weighted by Gasteiger charge is 2.37. The van der Waals surface area contributed by atoms with Gasteiger partial charge in [-0.25, -0.2) is 0 Å². The average Bonchev–Trinajstić information content (AvgIpc) is 2.69. The molecule has 2 amide bonds. The molecule has 3 fully saturated rings. The van der Waals surface area contributed by atoms with E-state index in [-0.39, 0.29) is 30.3 Å². The summed E-state index contributed by atoms with van der Waals surface area (Å²) >= 11 is 0. The third kappa shape index (κ3) is 3.70. The van der Waals surface area contributed by atoms with Crippen molar-refractivity contribution in [2.24, 2.45) is 0 Å². The Hall–Kier alpha value is -2.08. The van der Waals surface area contributed by atoms with Crippen LogP contribution in [0.3, 0.4) is 0 Å². The molecular formula is C20H28N4O2. The summed E-state index contributed by atoms with van der Waals surface area (Å²) in [5.41, 5.74) is 1.20. The molecule has 4 rings (SSSR count). The maximum absolute atomic E-state index is 12.7. The molecule has 1 aliphatic carbocycles. The summed E-state index contributed by atoms with van der Waals surface area (Å²) in [7, 11) is 0. The van der Waals surface area contributed by atoms with Crippen molar-refractivity contribution in [2.75, 3.05) is 31.1 Å². The summed E-state index contributed by atoms with van der Waals surface area (Å²) in [5, 5.41) is 6.56. The van der Waals surface area contributed by atoms with Crippen LogP contribution in [-0.2, 0) is 9.59 Å². The molecule has 26 heavy (non-hydrogen) atoms. The van der Waals surface area contributed by atoms with Gasteiger partial charge in [-0.2, -0.15) is 0 Å². The number of piperazine rings is 2. The standard InChI is InChI=1S/C20H28N4O2/c25-19(14-18-20(26)22-17-9-5-4-8-16(17)21-18)24-12-10-23(11-13-24)15-6-2-1-3-7-15/h1-3,6-7,16-18,21H,4-5,8-14H2,(H,22,26)/t16-,17+,18-/m1/s1. The molecule has 6 nitrogen and oxygen atoms in total. The van der Waals surface area contributed by atoms with Crippen molar-refractivity contribution >= 4 is 17.5 Å². The highest BCUT2D eigenvalue weighted by molar-refractivity contribution is 5.89. The fraction of sp³-hybridized carbons (Fsp3) is 0.600. The molecule has 0 aromatic heterocycles. The van der Waals surface area contributed by atoms with Gasteiger partial charge in [0.15, 0.2) is 0 Å². The molecule has 2 saturated heterocycles. The Balaban J connectivity index is 1.29. The quantitative estimate of drug-likeness (QED) is 0.852. The van der Waals surface area contributed by atoms with Crippen LogP contribution < -0.4 is 15.5 Å². The van der Waals surface area contributed by atoms with Gasteiger partial charge in [0, 0.05) is 44.0 Å². The van der Waals surface area contributed by atoms with Crippen LogP contribution in [0.1, 0.15) is 32.1 Å². The predicted molar refractivity (Wildman–Crippen MR) is 101 cm³/mol. The molecule has 0 spiro atoms. The minimum atomic E-state index is -0.381. The average molecular weight is 356 g/mol. The summed E-state index contributed by atoms with van der Waals surface area (Å²) in [5.74, 6) is 0.0732. The van der Waals surface area contributed by atoms with Gasteiger partial charge in [-0.05, 0) is 25.0 Å². The molecule has 3 atom stereocenters. The first-order chi connectivity index (χ1) is 12.7. The third-order valence-electron chi connectivity index (χ3n) is 5.96. The Labute approximate surface area is 154 Å². The second-order valence-corrected chi connectivity index (χ2v) is 7.63. The Morgan fingerprint density at radius 1 is 1.00 bits per heavy atom. The fourth-order valence-electron chi connectivity index (χ4n) is 4.43. The van der Waals surface area contributed by atoms with Crippen LogP contribution in [0.4, 0.5) is 5.69 Å². The molecule has 0 unspecified atom stereocenters.